The van der Waals surface area contributed by atoms with Crippen molar-refractivity contribution in [2.45, 2.75) is 32.4 Å². The van der Waals surface area contributed by atoms with Gasteiger partial charge in [-0.05, 0) is 24.1 Å². The van der Waals surface area contributed by atoms with Gasteiger partial charge in [-0.25, -0.2) is 0 Å². The van der Waals surface area contributed by atoms with Gasteiger partial charge in [0, 0.05) is 23.5 Å². The summed E-state index contributed by atoms with van der Waals surface area (Å²) in [4.78, 5) is 0. The summed E-state index contributed by atoms with van der Waals surface area (Å²) in [6.07, 6.45) is 7.16. The lowest BCUT2D eigenvalue weighted by Gasteiger charge is -2.14. The minimum Gasteiger partial charge on any atom is -0.309 e. The molecule has 0 aliphatic carbocycles. The molecule has 0 aromatic heterocycles. The van der Waals surface area contributed by atoms with Crippen molar-refractivity contribution < 1.29 is 0 Å². The number of hydrogen-bond acceptors (Lipinski definition) is 1. The summed E-state index contributed by atoms with van der Waals surface area (Å²) in [5.41, 5.74) is 1.28. The van der Waals surface area contributed by atoms with Crippen molar-refractivity contribution in [2.24, 2.45) is 0 Å². The monoisotopic (exact) mass is 265 g/mol. The molecule has 0 saturated heterocycles. The van der Waals surface area contributed by atoms with Crippen LogP contribution in [0, 0.1) is 12.3 Å². The van der Waals surface area contributed by atoms with Gasteiger partial charge in [-0.2, -0.15) is 0 Å². The summed E-state index contributed by atoms with van der Waals surface area (Å²) in [6.45, 7) is 3.02. The molecule has 0 fully saturated rings. The summed E-state index contributed by atoms with van der Waals surface area (Å²) >= 11 is 3.46. The van der Waals surface area contributed by atoms with Gasteiger partial charge < -0.3 is 5.32 Å². The van der Waals surface area contributed by atoms with Gasteiger partial charge >= 0.3 is 0 Å². The third-order valence-electron chi connectivity index (χ3n) is 2.34. The van der Waals surface area contributed by atoms with Gasteiger partial charge in [-0.15, -0.1) is 12.3 Å². The zero-order chi connectivity index (χ0) is 11.1. The summed E-state index contributed by atoms with van der Waals surface area (Å²) in [5.74, 6) is 2.69. The van der Waals surface area contributed by atoms with Crippen molar-refractivity contribution in [3.05, 3.63) is 34.3 Å². The Labute approximate surface area is 100 Å². The van der Waals surface area contributed by atoms with E-state index in [1.54, 1.807) is 0 Å². The smallest absolute Gasteiger partial charge is 0.0240 e. The molecule has 0 radical (unpaired) electrons. The molecule has 15 heavy (non-hydrogen) atoms. The maximum absolute atomic E-state index is 5.30. The highest BCUT2D eigenvalue weighted by atomic mass is 79.9. The second-order valence-electron chi connectivity index (χ2n) is 3.52. The second-order valence-corrected chi connectivity index (χ2v) is 4.44. The first-order valence-electron chi connectivity index (χ1n) is 5.17. The number of nitrogens with one attached hydrogen (secondary N) is 1. The first-order valence-corrected chi connectivity index (χ1v) is 5.96. The van der Waals surface area contributed by atoms with Crippen LogP contribution in [-0.2, 0) is 6.54 Å². The Morgan fingerprint density at radius 2 is 2.33 bits per heavy atom. The third kappa shape index (κ3) is 4.51. The fraction of sp³-hybridized carbons (Fsp3) is 0.385. The lowest BCUT2D eigenvalue weighted by Crippen LogP contribution is -2.27. The van der Waals surface area contributed by atoms with Crippen LogP contribution < -0.4 is 5.32 Å². The predicted octanol–water partition coefficient (Wildman–Crippen LogP) is 3.34. The number of hydrogen-bond donors (Lipinski definition) is 1. The molecule has 2 heteroatoms. The summed E-state index contributed by atoms with van der Waals surface area (Å²) in [6, 6.07) is 8.73. The zero-order valence-electron chi connectivity index (χ0n) is 8.96. The molecule has 1 unspecified atom stereocenters. The molecule has 0 heterocycles. The molecule has 1 atom stereocenters. The zero-order valence-corrected chi connectivity index (χ0v) is 10.5. The second kappa shape index (κ2) is 6.66. The normalized spacial score (nSPS) is 12.1. The SMILES string of the molecule is C#CCC(CC)NCc1cccc(Br)c1. The lowest BCUT2D eigenvalue weighted by atomic mass is 10.1. The van der Waals surface area contributed by atoms with Gasteiger partial charge in [-0.3, -0.25) is 0 Å². The Balaban J connectivity index is 2.46. The van der Waals surface area contributed by atoms with Crippen molar-refractivity contribution in [3.8, 4) is 12.3 Å². The van der Waals surface area contributed by atoms with Crippen LogP contribution in [0.4, 0.5) is 0 Å². The van der Waals surface area contributed by atoms with Gasteiger partial charge in [0.1, 0.15) is 0 Å². The average Bonchev–Trinajstić information content (AvgIpc) is 2.24. The van der Waals surface area contributed by atoms with Crippen LogP contribution in [-0.4, -0.2) is 6.04 Å². The Morgan fingerprint density at radius 3 is 2.93 bits per heavy atom. The van der Waals surface area contributed by atoms with E-state index in [0.29, 0.717) is 6.04 Å². The lowest BCUT2D eigenvalue weighted by molar-refractivity contribution is 0.507. The average molecular weight is 266 g/mol. The fourth-order valence-electron chi connectivity index (χ4n) is 1.41. The molecular weight excluding hydrogens is 250 g/mol. The van der Waals surface area contributed by atoms with Crippen molar-refractivity contribution in [2.75, 3.05) is 0 Å². The fourth-order valence-corrected chi connectivity index (χ4v) is 1.86. The van der Waals surface area contributed by atoms with Crippen LogP contribution in [0.2, 0.25) is 0 Å². The third-order valence-corrected chi connectivity index (χ3v) is 2.83. The van der Waals surface area contributed by atoms with Crippen LogP contribution in [0.15, 0.2) is 28.7 Å². The van der Waals surface area contributed by atoms with E-state index in [-0.39, 0.29) is 0 Å². The highest BCUT2D eigenvalue weighted by Gasteiger charge is 2.03. The van der Waals surface area contributed by atoms with E-state index in [0.717, 1.165) is 23.9 Å². The molecule has 1 N–H and O–H groups in total. The van der Waals surface area contributed by atoms with Crippen LogP contribution in [0.3, 0.4) is 0 Å². The maximum Gasteiger partial charge on any atom is 0.0240 e. The Bertz CT molecular complexity index is 341. The molecule has 0 bridgehead atoms. The molecule has 0 amide bonds. The van der Waals surface area contributed by atoms with E-state index < -0.39 is 0 Å². The minimum atomic E-state index is 0.425. The van der Waals surface area contributed by atoms with Crippen LogP contribution in [0.5, 0.6) is 0 Å². The number of benzene rings is 1. The van der Waals surface area contributed by atoms with Crippen molar-refractivity contribution in [1.29, 1.82) is 0 Å². The first kappa shape index (κ1) is 12.3. The molecule has 0 saturated carbocycles. The van der Waals surface area contributed by atoms with Crippen LogP contribution in [0.25, 0.3) is 0 Å². The number of terminal acetylenes is 1. The Hall–Kier alpha value is -0.780. The molecule has 1 rings (SSSR count). The van der Waals surface area contributed by atoms with E-state index in [4.69, 9.17) is 6.42 Å². The molecule has 80 valence electrons. The maximum atomic E-state index is 5.30. The Morgan fingerprint density at radius 1 is 1.53 bits per heavy atom. The van der Waals surface area contributed by atoms with Gasteiger partial charge in [-0.1, -0.05) is 35.0 Å². The summed E-state index contributed by atoms with van der Waals surface area (Å²) in [5, 5.41) is 3.45. The van der Waals surface area contributed by atoms with Gasteiger partial charge in [0.05, 0.1) is 0 Å². The number of rotatable bonds is 5. The molecule has 0 aliphatic rings. The molecule has 1 aromatic carbocycles. The standard InChI is InChI=1S/C13H16BrN/c1-3-6-13(4-2)15-10-11-7-5-8-12(14)9-11/h1,5,7-9,13,15H,4,6,10H2,2H3. The van der Waals surface area contributed by atoms with Gasteiger partial charge in [0.2, 0.25) is 0 Å². The van der Waals surface area contributed by atoms with E-state index in [1.165, 1.54) is 5.56 Å². The van der Waals surface area contributed by atoms with Crippen molar-refractivity contribution in [3.63, 3.8) is 0 Å². The van der Waals surface area contributed by atoms with E-state index in [9.17, 15) is 0 Å². The molecule has 1 aromatic rings. The highest BCUT2D eigenvalue weighted by Crippen LogP contribution is 2.11. The molecule has 0 aliphatic heterocycles. The van der Waals surface area contributed by atoms with Crippen LogP contribution in [0.1, 0.15) is 25.3 Å². The minimum absolute atomic E-state index is 0.425. The van der Waals surface area contributed by atoms with Crippen molar-refractivity contribution >= 4 is 15.9 Å². The largest absolute Gasteiger partial charge is 0.309 e. The Kier molecular flexibility index (Phi) is 5.45. The quantitative estimate of drug-likeness (QED) is 0.806. The van der Waals surface area contributed by atoms with E-state index in [1.807, 2.05) is 12.1 Å². The van der Waals surface area contributed by atoms with Crippen molar-refractivity contribution in [1.82, 2.24) is 5.32 Å². The van der Waals surface area contributed by atoms with Crippen LogP contribution >= 0.6 is 15.9 Å². The van der Waals surface area contributed by atoms with Gasteiger partial charge in [0.15, 0.2) is 0 Å². The molecule has 1 nitrogen and oxygen atoms in total. The predicted molar refractivity (Wildman–Crippen MR) is 68.5 cm³/mol. The highest BCUT2D eigenvalue weighted by molar-refractivity contribution is 9.10. The molecule has 0 spiro atoms. The van der Waals surface area contributed by atoms with E-state index in [2.05, 4.69) is 46.2 Å². The molecular formula is C13H16BrN. The van der Waals surface area contributed by atoms with Gasteiger partial charge in [0.25, 0.3) is 0 Å². The number of halogens is 1. The van der Waals surface area contributed by atoms with E-state index >= 15 is 0 Å². The summed E-state index contributed by atoms with van der Waals surface area (Å²) < 4.78 is 1.12. The topological polar surface area (TPSA) is 12.0 Å². The summed E-state index contributed by atoms with van der Waals surface area (Å²) in [7, 11) is 0. The first-order chi connectivity index (χ1) is 7.26.